The van der Waals surface area contributed by atoms with Gasteiger partial charge in [-0.15, -0.1) is 0 Å². The minimum Gasteiger partial charge on any atom is -0.462 e. The van der Waals surface area contributed by atoms with Crippen molar-refractivity contribution < 1.29 is 80.2 Å². The van der Waals surface area contributed by atoms with Gasteiger partial charge in [0.2, 0.25) is 0 Å². The van der Waals surface area contributed by atoms with Gasteiger partial charge in [-0.05, 0) is 25.7 Å². The number of rotatable bonds is 76. The van der Waals surface area contributed by atoms with E-state index >= 15 is 0 Å². The summed E-state index contributed by atoms with van der Waals surface area (Å²) in [6, 6.07) is 0. The standard InChI is InChI=1S/C75H146O17P2/c1-5-9-13-17-21-25-29-32-34-35-37-39-42-46-50-54-58-62-75(80)92-71(66-86-73(78)60-56-52-48-44-41-38-36-33-30-26-22-18-14-10-6-2)68-90-94(83,84)88-64-69(76)63-87-93(81,82)89-67-70(65-85-72(77)59-55-51-47-43-28-24-20-16-12-8-4)91-74(79)61-57-53-49-45-40-31-27-23-19-15-11-7-3/h69-71,76H,5-68H2,1-4H3,(H,81,82)(H,83,84)/t69-,70+,71+/m0/s1. The van der Waals surface area contributed by atoms with Crippen molar-refractivity contribution in [2.24, 2.45) is 0 Å². The normalized spacial score (nSPS) is 13.9. The van der Waals surface area contributed by atoms with Gasteiger partial charge >= 0.3 is 39.5 Å². The summed E-state index contributed by atoms with van der Waals surface area (Å²) in [7, 11) is -9.90. The molecule has 5 atom stereocenters. The van der Waals surface area contributed by atoms with Gasteiger partial charge in [0.25, 0.3) is 0 Å². The zero-order valence-corrected chi connectivity index (χ0v) is 62.7. The first-order chi connectivity index (χ1) is 45.7. The smallest absolute Gasteiger partial charge is 0.462 e. The van der Waals surface area contributed by atoms with Crippen LogP contribution < -0.4 is 0 Å². The van der Waals surface area contributed by atoms with E-state index in [0.717, 1.165) is 89.9 Å². The lowest BCUT2D eigenvalue weighted by atomic mass is 10.0. The van der Waals surface area contributed by atoms with Crippen LogP contribution in [0.5, 0.6) is 0 Å². The van der Waals surface area contributed by atoms with E-state index in [-0.39, 0.29) is 25.7 Å². The number of phosphoric acid groups is 2. The lowest BCUT2D eigenvalue weighted by Crippen LogP contribution is -2.30. The van der Waals surface area contributed by atoms with Crippen molar-refractivity contribution in [2.75, 3.05) is 39.6 Å². The first kappa shape index (κ1) is 92.1. The third kappa shape index (κ3) is 68.6. The lowest BCUT2D eigenvalue weighted by molar-refractivity contribution is -0.161. The Morgan fingerprint density at radius 1 is 0.255 bits per heavy atom. The molecule has 0 saturated carbocycles. The Morgan fingerprint density at radius 2 is 0.426 bits per heavy atom. The van der Waals surface area contributed by atoms with E-state index in [0.29, 0.717) is 25.7 Å². The maximum Gasteiger partial charge on any atom is 0.472 e. The number of unbranched alkanes of at least 4 members (excludes halogenated alkanes) is 50. The fraction of sp³-hybridized carbons (Fsp3) is 0.947. The zero-order valence-electron chi connectivity index (χ0n) is 60.9. The molecular weight excluding hydrogens is 1230 g/mol. The Labute approximate surface area is 575 Å². The molecule has 19 heteroatoms. The van der Waals surface area contributed by atoms with E-state index in [1.807, 2.05) is 0 Å². The fourth-order valence-corrected chi connectivity index (χ4v) is 13.2. The van der Waals surface area contributed by atoms with Gasteiger partial charge in [-0.25, -0.2) is 9.13 Å². The average molecular weight is 1380 g/mol. The lowest BCUT2D eigenvalue weighted by Gasteiger charge is -2.21. The molecule has 0 heterocycles. The molecule has 0 aliphatic carbocycles. The van der Waals surface area contributed by atoms with Crippen molar-refractivity contribution in [1.82, 2.24) is 0 Å². The number of phosphoric ester groups is 2. The van der Waals surface area contributed by atoms with Crippen molar-refractivity contribution in [3.8, 4) is 0 Å². The number of esters is 4. The van der Waals surface area contributed by atoms with Gasteiger partial charge in [0.05, 0.1) is 26.4 Å². The minimum atomic E-state index is -4.95. The van der Waals surface area contributed by atoms with Gasteiger partial charge in [0.15, 0.2) is 12.2 Å². The van der Waals surface area contributed by atoms with E-state index in [9.17, 15) is 43.2 Å². The van der Waals surface area contributed by atoms with Crippen LogP contribution in [0.2, 0.25) is 0 Å². The SMILES string of the molecule is CCCCCCCCCCCCCCCCCCCC(=O)O[C@H](COC(=O)CCCCCCCCCCCCCCCCC)COP(=O)(O)OC[C@@H](O)COP(=O)(O)OC[C@@H](COC(=O)CCCCCCCCCCCC)OC(=O)CCCCCCCCCCCCCC. The third-order valence-electron chi connectivity index (χ3n) is 17.6. The molecule has 0 aliphatic heterocycles. The number of ether oxygens (including phenoxy) is 4. The van der Waals surface area contributed by atoms with Crippen molar-refractivity contribution in [3.63, 3.8) is 0 Å². The Hall–Kier alpha value is -1.94. The van der Waals surface area contributed by atoms with Crippen LogP contribution in [0, 0.1) is 0 Å². The Balaban J connectivity index is 5.23. The molecule has 558 valence electrons. The number of carbonyl (C=O) groups excluding carboxylic acids is 4. The second-order valence-corrected chi connectivity index (χ2v) is 29.9. The molecule has 2 unspecified atom stereocenters. The van der Waals surface area contributed by atoms with Gasteiger partial charge in [0.1, 0.15) is 19.3 Å². The molecule has 0 aromatic carbocycles. The maximum absolute atomic E-state index is 13.1. The van der Waals surface area contributed by atoms with E-state index in [1.165, 1.54) is 231 Å². The van der Waals surface area contributed by atoms with Gasteiger partial charge in [-0.1, -0.05) is 349 Å². The van der Waals surface area contributed by atoms with E-state index in [2.05, 4.69) is 27.7 Å². The van der Waals surface area contributed by atoms with Gasteiger partial charge in [-0.3, -0.25) is 37.3 Å². The highest BCUT2D eigenvalue weighted by atomic mass is 31.2. The first-order valence-corrected chi connectivity index (χ1v) is 42.3. The second-order valence-electron chi connectivity index (χ2n) is 27.0. The summed E-state index contributed by atoms with van der Waals surface area (Å²) in [6.45, 7) is 4.98. The van der Waals surface area contributed by atoms with Crippen LogP contribution >= 0.6 is 15.6 Å². The quantitative estimate of drug-likeness (QED) is 0.0222. The van der Waals surface area contributed by atoms with Gasteiger partial charge in [0, 0.05) is 25.7 Å². The molecule has 17 nitrogen and oxygen atoms in total. The fourth-order valence-electron chi connectivity index (χ4n) is 11.6. The molecule has 0 saturated heterocycles. The number of aliphatic hydroxyl groups excluding tert-OH is 1. The summed E-state index contributed by atoms with van der Waals surface area (Å²) in [5.41, 5.74) is 0. The summed E-state index contributed by atoms with van der Waals surface area (Å²) in [5.74, 6) is -2.11. The van der Waals surface area contributed by atoms with Crippen LogP contribution in [0.1, 0.15) is 400 Å². The van der Waals surface area contributed by atoms with Crippen LogP contribution in [0.25, 0.3) is 0 Å². The van der Waals surface area contributed by atoms with E-state index in [1.54, 1.807) is 0 Å². The summed E-state index contributed by atoms with van der Waals surface area (Å²) in [5, 5.41) is 10.6. The molecule has 0 aromatic rings. The summed E-state index contributed by atoms with van der Waals surface area (Å²) in [4.78, 5) is 72.8. The molecule has 0 radical (unpaired) electrons. The summed E-state index contributed by atoms with van der Waals surface area (Å²) < 4.78 is 68.5. The molecule has 0 amide bonds. The highest BCUT2D eigenvalue weighted by Gasteiger charge is 2.30. The number of hydrogen-bond acceptors (Lipinski definition) is 15. The Kier molecular flexibility index (Phi) is 68.1. The Bertz CT molecular complexity index is 1790. The van der Waals surface area contributed by atoms with Crippen LogP contribution in [-0.2, 0) is 65.4 Å². The molecule has 0 spiro atoms. The van der Waals surface area contributed by atoms with Crippen LogP contribution in [0.15, 0.2) is 0 Å². The van der Waals surface area contributed by atoms with Crippen molar-refractivity contribution >= 4 is 39.5 Å². The van der Waals surface area contributed by atoms with Crippen molar-refractivity contribution in [2.45, 2.75) is 418 Å². The highest BCUT2D eigenvalue weighted by molar-refractivity contribution is 7.47. The maximum atomic E-state index is 13.1. The third-order valence-corrected chi connectivity index (χ3v) is 19.5. The molecule has 94 heavy (non-hydrogen) atoms. The van der Waals surface area contributed by atoms with Crippen LogP contribution in [0.3, 0.4) is 0 Å². The van der Waals surface area contributed by atoms with E-state index < -0.39 is 97.5 Å². The van der Waals surface area contributed by atoms with Crippen LogP contribution in [-0.4, -0.2) is 96.7 Å². The van der Waals surface area contributed by atoms with Gasteiger partial charge < -0.3 is 33.8 Å². The van der Waals surface area contributed by atoms with E-state index in [4.69, 9.17) is 37.0 Å². The van der Waals surface area contributed by atoms with Crippen molar-refractivity contribution in [1.29, 1.82) is 0 Å². The highest BCUT2D eigenvalue weighted by Crippen LogP contribution is 2.45. The topological polar surface area (TPSA) is 237 Å². The monoisotopic (exact) mass is 1380 g/mol. The van der Waals surface area contributed by atoms with Crippen molar-refractivity contribution in [3.05, 3.63) is 0 Å². The molecular formula is C75H146O17P2. The predicted octanol–water partition coefficient (Wildman–Crippen LogP) is 22.2. The average Bonchev–Trinajstić information content (AvgIpc) is 1.27. The molecule has 3 N–H and O–H groups in total. The second kappa shape index (κ2) is 69.5. The minimum absolute atomic E-state index is 0.108. The first-order valence-electron chi connectivity index (χ1n) is 39.3. The van der Waals surface area contributed by atoms with Crippen LogP contribution in [0.4, 0.5) is 0 Å². The van der Waals surface area contributed by atoms with Gasteiger partial charge in [-0.2, -0.15) is 0 Å². The number of carbonyl (C=O) groups is 4. The summed E-state index contributed by atoms with van der Waals surface area (Å²) >= 11 is 0. The number of hydrogen-bond donors (Lipinski definition) is 3. The zero-order chi connectivity index (χ0) is 69.0. The molecule has 0 aromatic heterocycles. The molecule has 0 rings (SSSR count). The molecule has 0 fully saturated rings. The largest absolute Gasteiger partial charge is 0.472 e. The number of aliphatic hydroxyl groups is 1. The Morgan fingerprint density at radius 3 is 0.628 bits per heavy atom. The predicted molar refractivity (Wildman–Crippen MR) is 382 cm³/mol. The molecule has 0 aliphatic rings. The summed E-state index contributed by atoms with van der Waals surface area (Å²) in [6.07, 6.45) is 59.5. The molecule has 0 bridgehead atoms.